The van der Waals surface area contributed by atoms with Crippen molar-refractivity contribution in [3.8, 4) is 11.8 Å². The molecule has 1 saturated heterocycles. The third-order valence-electron chi connectivity index (χ3n) is 4.92. The zero-order valence-electron chi connectivity index (χ0n) is 16.7. The Bertz CT molecular complexity index is 993. The summed E-state index contributed by atoms with van der Waals surface area (Å²) in [5.74, 6) is 0.361. The minimum Gasteiger partial charge on any atom is -0.480 e. The highest BCUT2D eigenvalue weighted by Crippen LogP contribution is 2.33. The minimum absolute atomic E-state index is 0.0839. The predicted molar refractivity (Wildman–Crippen MR) is 109 cm³/mol. The second-order valence-corrected chi connectivity index (χ2v) is 7.47. The van der Waals surface area contributed by atoms with Gasteiger partial charge in [0, 0.05) is 32.4 Å². The monoisotopic (exact) mass is 452 g/mol. The third-order valence-corrected chi connectivity index (χ3v) is 5.19. The Morgan fingerprint density at radius 2 is 2.00 bits per heavy atom. The number of halogens is 4. The molecule has 0 radical (unpaired) electrons. The number of ether oxygens (including phenoxy) is 1. The molecular formula is C21H20ClF3N4O2. The topological polar surface area (TPSA) is 69.5 Å². The van der Waals surface area contributed by atoms with Gasteiger partial charge < -0.3 is 14.5 Å². The maximum Gasteiger partial charge on any atom is 0.417 e. The Labute approximate surface area is 182 Å². The fraction of sp³-hybridized carbons (Fsp3) is 0.381. The first-order valence-electron chi connectivity index (χ1n) is 9.63. The van der Waals surface area contributed by atoms with Crippen molar-refractivity contribution in [1.82, 2.24) is 9.88 Å². The highest BCUT2D eigenvalue weighted by molar-refractivity contribution is 6.33. The summed E-state index contributed by atoms with van der Waals surface area (Å²) in [6, 6.07) is 9.56. The molecular weight excluding hydrogens is 433 g/mol. The number of nitriles is 1. The lowest BCUT2D eigenvalue weighted by molar-refractivity contribution is -0.138. The summed E-state index contributed by atoms with van der Waals surface area (Å²) in [6.07, 6.45) is -3.96. The van der Waals surface area contributed by atoms with Gasteiger partial charge in [-0.05, 0) is 31.5 Å². The van der Waals surface area contributed by atoms with E-state index < -0.39 is 17.8 Å². The highest BCUT2D eigenvalue weighted by Gasteiger charge is 2.32. The lowest BCUT2D eigenvalue weighted by Gasteiger charge is -2.26. The molecule has 0 spiro atoms. The van der Waals surface area contributed by atoms with Gasteiger partial charge in [-0.2, -0.15) is 18.4 Å². The average molecular weight is 453 g/mol. The summed E-state index contributed by atoms with van der Waals surface area (Å²) >= 11 is 6.06. The lowest BCUT2D eigenvalue weighted by Crippen LogP contribution is -2.42. The molecule has 1 aliphatic heterocycles. The van der Waals surface area contributed by atoms with Crippen LogP contribution >= 0.6 is 11.6 Å². The van der Waals surface area contributed by atoms with Gasteiger partial charge in [-0.25, -0.2) is 4.98 Å². The molecule has 1 amide bonds. The van der Waals surface area contributed by atoms with E-state index in [1.807, 2.05) is 6.07 Å². The number of para-hydroxylation sites is 1. The van der Waals surface area contributed by atoms with Gasteiger partial charge in [-0.3, -0.25) is 4.79 Å². The minimum atomic E-state index is -4.52. The fourth-order valence-corrected chi connectivity index (χ4v) is 3.61. The summed E-state index contributed by atoms with van der Waals surface area (Å²) in [7, 11) is 0. The second-order valence-electron chi connectivity index (χ2n) is 7.06. The highest BCUT2D eigenvalue weighted by atomic mass is 35.5. The largest absolute Gasteiger partial charge is 0.480 e. The van der Waals surface area contributed by atoms with E-state index in [4.69, 9.17) is 21.6 Å². The smallest absolute Gasteiger partial charge is 0.417 e. The van der Waals surface area contributed by atoms with Gasteiger partial charge in [0.05, 0.1) is 16.1 Å². The van der Waals surface area contributed by atoms with Gasteiger partial charge in [0.2, 0.25) is 0 Å². The van der Waals surface area contributed by atoms with Gasteiger partial charge in [0.1, 0.15) is 17.6 Å². The summed E-state index contributed by atoms with van der Waals surface area (Å²) < 4.78 is 44.2. The maximum atomic E-state index is 12.9. The summed E-state index contributed by atoms with van der Waals surface area (Å²) in [4.78, 5) is 20.2. The van der Waals surface area contributed by atoms with Crippen LogP contribution in [0.2, 0.25) is 5.02 Å². The Balaban J connectivity index is 1.66. The van der Waals surface area contributed by atoms with Gasteiger partial charge in [-0.1, -0.05) is 23.7 Å². The van der Waals surface area contributed by atoms with Crippen LogP contribution in [0.15, 0.2) is 36.5 Å². The lowest BCUT2D eigenvalue weighted by atomic mass is 10.2. The molecule has 3 rings (SSSR count). The number of pyridine rings is 1. The first-order valence-corrected chi connectivity index (χ1v) is 10.0. The molecule has 1 fully saturated rings. The van der Waals surface area contributed by atoms with Crippen LogP contribution < -0.4 is 9.64 Å². The van der Waals surface area contributed by atoms with Crippen molar-refractivity contribution in [2.24, 2.45) is 0 Å². The Hall–Kier alpha value is -2.99. The fourth-order valence-electron chi connectivity index (χ4n) is 3.33. The number of alkyl halides is 3. The van der Waals surface area contributed by atoms with Crippen LogP contribution in [0.4, 0.5) is 19.0 Å². The first kappa shape index (κ1) is 22.7. The van der Waals surface area contributed by atoms with Crippen molar-refractivity contribution in [2.45, 2.75) is 25.6 Å². The molecule has 0 aliphatic carbocycles. The zero-order chi connectivity index (χ0) is 22.6. The summed E-state index contributed by atoms with van der Waals surface area (Å²) in [6.45, 7) is 3.28. The Morgan fingerprint density at radius 1 is 1.26 bits per heavy atom. The number of carbonyl (C=O) groups excluding carboxylic acids is 1. The molecule has 10 heteroatoms. The molecule has 1 atom stereocenters. The number of amides is 1. The quantitative estimate of drug-likeness (QED) is 0.697. The van der Waals surface area contributed by atoms with Crippen LogP contribution in [0, 0.1) is 11.3 Å². The number of benzene rings is 1. The standard InChI is InChI=1S/C21H20ClF3N4O2/c1-14(31-18-6-3-2-5-15(18)12-26)20(30)29-8-4-7-28(9-10-29)19-17(22)11-16(13-27-19)21(23,24)25/h2-3,5-6,11,13-14H,4,7-10H2,1H3. The normalized spacial score (nSPS) is 15.7. The molecule has 31 heavy (non-hydrogen) atoms. The van der Waals surface area contributed by atoms with Crippen LogP contribution in [0.1, 0.15) is 24.5 Å². The number of hydrogen-bond donors (Lipinski definition) is 0. The molecule has 0 N–H and O–H groups in total. The van der Waals surface area contributed by atoms with E-state index in [1.54, 1.807) is 41.0 Å². The van der Waals surface area contributed by atoms with E-state index in [9.17, 15) is 18.0 Å². The number of nitrogens with zero attached hydrogens (tertiary/aromatic N) is 4. The van der Waals surface area contributed by atoms with E-state index >= 15 is 0 Å². The van der Waals surface area contributed by atoms with Crippen molar-refractivity contribution in [3.63, 3.8) is 0 Å². The van der Waals surface area contributed by atoms with Crippen molar-refractivity contribution < 1.29 is 22.7 Å². The van der Waals surface area contributed by atoms with E-state index in [2.05, 4.69) is 4.98 Å². The van der Waals surface area contributed by atoms with Crippen LogP contribution in [0.3, 0.4) is 0 Å². The number of carbonyl (C=O) groups is 1. The van der Waals surface area contributed by atoms with Gasteiger partial charge >= 0.3 is 6.18 Å². The molecule has 1 aliphatic rings. The van der Waals surface area contributed by atoms with Crippen LogP contribution in [-0.4, -0.2) is 48.1 Å². The van der Waals surface area contributed by atoms with Gasteiger partial charge in [0.15, 0.2) is 6.10 Å². The molecule has 1 aromatic carbocycles. The van der Waals surface area contributed by atoms with E-state index in [-0.39, 0.29) is 16.7 Å². The average Bonchev–Trinajstić information content (AvgIpc) is 2.99. The number of anilines is 1. The number of hydrogen-bond acceptors (Lipinski definition) is 5. The van der Waals surface area contributed by atoms with Crippen LogP contribution in [0.25, 0.3) is 0 Å². The van der Waals surface area contributed by atoms with E-state index in [0.29, 0.717) is 43.9 Å². The SMILES string of the molecule is CC(Oc1ccccc1C#N)C(=O)N1CCCN(c2ncc(C(F)(F)F)cc2Cl)CC1. The van der Waals surface area contributed by atoms with E-state index in [1.165, 1.54) is 0 Å². The zero-order valence-corrected chi connectivity index (χ0v) is 17.5. The summed E-state index contributed by atoms with van der Waals surface area (Å²) in [5.41, 5.74) is -0.566. The first-order chi connectivity index (χ1) is 14.7. The summed E-state index contributed by atoms with van der Waals surface area (Å²) in [5, 5.41) is 9.08. The van der Waals surface area contributed by atoms with Crippen molar-refractivity contribution in [3.05, 3.63) is 52.7 Å². The molecule has 0 bridgehead atoms. The number of aromatic nitrogens is 1. The number of rotatable bonds is 4. The molecule has 1 aromatic heterocycles. The molecule has 2 heterocycles. The van der Waals surface area contributed by atoms with E-state index in [0.717, 1.165) is 12.3 Å². The second kappa shape index (κ2) is 9.43. The molecule has 2 aromatic rings. The Kier molecular flexibility index (Phi) is 6.91. The predicted octanol–water partition coefficient (Wildman–Crippen LogP) is 4.13. The maximum absolute atomic E-state index is 12.9. The Morgan fingerprint density at radius 3 is 2.68 bits per heavy atom. The van der Waals surface area contributed by atoms with Crippen molar-refractivity contribution in [2.75, 3.05) is 31.1 Å². The molecule has 1 unspecified atom stereocenters. The van der Waals surface area contributed by atoms with Crippen molar-refractivity contribution >= 4 is 23.3 Å². The van der Waals surface area contributed by atoms with Crippen LogP contribution in [0.5, 0.6) is 5.75 Å². The van der Waals surface area contributed by atoms with Gasteiger partial charge in [0.25, 0.3) is 5.91 Å². The van der Waals surface area contributed by atoms with Crippen LogP contribution in [-0.2, 0) is 11.0 Å². The van der Waals surface area contributed by atoms with Gasteiger partial charge in [-0.15, -0.1) is 0 Å². The van der Waals surface area contributed by atoms with Crippen molar-refractivity contribution in [1.29, 1.82) is 5.26 Å². The molecule has 0 saturated carbocycles. The molecule has 6 nitrogen and oxygen atoms in total. The third kappa shape index (κ3) is 5.39. The molecule has 164 valence electrons.